The molecule has 1 fully saturated rings. The van der Waals surface area contributed by atoms with Gasteiger partial charge in [-0.2, -0.15) is 0 Å². The summed E-state index contributed by atoms with van der Waals surface area (Å²) in [5, 5.41) is 4.07. The van der Waals surface area contributed by atoms with E-state index in [1.54, 1.807) is 11.0 Å². The summed E-state index contributed by atoms with van der Waals surface area (Å²) >= 11 is 5.93. The molecule has 2 N–H and O–H groups in total. The van der Waals surface area contributed by atoms with Gasteiger partial charge in [-0.25, -0.2) is 13.4 Å². The number of hydrogen-bond donors (Lipinski definition) is 2. The molecule has 2 aromatic rings. The predicted molar refractivity (Wildman–Crippen MR) is 101 cm³/mol. The van der Waals surface area contributed by atoms with Gasteiger partial charge in [0.2, 0.25) is 10.0 Å². The van der Waals surface area contributed by atoms with Crippen LogP contribution >= 0.6 is 11.6 Å². The zero-order valence-electron chi connectivity index (χ0n) is 14.1. The van der Waals surface area contributed by atoms with Crippen LogP contribution in [0.25, 0.3) is 0 Å². The van der Waals surface area contributed by atoms with Crippen LogP contribution in [-0.2, 0) is 10.0 Å². The molecule has 0 aliphatic carbocycles. The number of hydrogen-bond acceptors (Lipinski definition) is 5. The molecule has 1 unspecified atom stereocenters. The second-order valence-corrected chi connectivity index (χ2v) is 8.30. The van der Waals surface area contributed by atoms with Crippen molar-refractivity contribution in [2.24, 2.45) is 0 Å². The van der Waals surface area contributed by atoms with Crippen molar-refractivity contribution in [1.29, 1.82) is 0 Å². The van der Waals surface area contributed by atoms with Gasteiger partial charge in [-0.3, -0.25) is 9.52 Å². The largest absolute Gasteiger partial charge is 0.335 e. The number of carbonyl (C=O) groups is 1. The van der Waals surface area contributed by atoms with Crippen molar-refractivity contribution in [3.8, 4) is 0 Å². The van der Waals surface area contributed by atoms with E-state index in [0.717, 1.165) is 11.8 Å². The first kappa shape index (κ1) is 18.6. The normalized spacial score (nSPS) is 17.8. The van der Waals surface area contributed by atoms with Gasteiger partial charge in [0.1, 0.15) is 5.82 Å². The third kappa shape index (κ3) is 4.72. The summed E-state index contributed by atoms with van der Waals surface area (Å²) in [5.41, 5.74) is 1.48. The lowest BCUT2D eigenvalue weighted by Crippen LogP contribution is -2.48. The van der Waals surface area contributed by atoms with Crippen molar-refractivity contribution in [2.75, 3.05) is 30.6 Å². The Morgan fingerprint density at radius 1 is 1.27 bits per heavy atom. The van der Waals surface area contributed by atoms with Gasteiger partial charge < -0.3 is 10.2 Å². The summed E-state index contributed by atoms with van der Waals surface area (Å²) < 4.78 is 24.7. The van der Waals surface area contributed by atoms with E-state index in [0.29, 0.717) is 30.2 Å². The lowest BCUT2D eigenvalue weighted by molar-refractivity contribution is 0.0702. The topological polar surface area (TPSA) is 91.4 Å². The first-order valence-electron chi connectivity index (χ1n) is 8.04. The second-order valence-electron chi connectivity index (χ2n) is 6.12. The maximum atomic E-state index is 12.7. The van der Waals surface area contributed by atoms with E-state index in [2.05, 4.69) is 15.0 Å². The number of anilines is 1. The number of benzene rings is 1. The summed E-state index contributed by atoms with van der Waals surface area (Å²) in [7, 11) is -3.40. The van der Waals surface area contributed by atoms with E-state index in [9.17, 15) is 13.2 Å². The molecule has 1 aliphatic heterocycles. The van der Waals surface area contributed by atoms with E-state index in [1.807, 2.05) is 24.3 Å². The zero-order valence-corrected chi connectivity index (χ0v) is 15.7. The summed E-state index contributed by atoms with van der Waals surface area (Å²) in [4.78, 5) is 18.5. The second kappa shape index (κ2) is 7.61. The average Bonchev–Trinajstić information content (AvgIpc) is 2.61. The van der Waals surface area contributed by atoms with Gasteiger partial charge in [0.25, 0.3) is 5.91 Å². The standard InChI is InChI=1S/C17H19ClN4O3S/c1-26(24,25)21-16-7-4-13(10-20-16)17(23)22-9-8-19-15(11-22)12-2-5-14(18)6-3-12/h2-7,10,15,19H,8-9,11H2,1H3,(H,20,21). The molecular weight excluding hydrogens is 376 g/mol. The SMILES string of the molecule is CS(=O)(=O)Nc1ccc(C(=O)N2CCNC(c3ccc(Cl)cc3)C2)cn1. The van der Waals surface area contributed by atoms with Crippen LogP contribution in [0.3, 0.4) is 0 Å². The van der Waals surface area contributed by atoms with Gasteiger partial charge in [0.05, 0.1) is 11.8 Å². The Morgan fingerprint density at radius 3 is 2.62 bits per heavy atom. The van der Waals surface area contributed by atoms with Gasteiger partial charge in [-0.05, 0) is 29.8 Å². The van der Waals surface area contributed by atoms with Crippen molar-refractivity contribution < 1.29 is 13.2 Å². The van der Waals surface area contributed by atoms with Crippen LogP contribution in [0, 0.1) is 0 Å². The minimum atomic E-state index is -3.40. The molecule has 1 aliphatic rings. The monoisotopic (exact) mass is 394 g/mol. The van der Waals surface area contributed by atoms with Crippen molar-refractivity contribution >= 4 is 33.3 Å². The van der Waals surface area contributed by atoms with E-state index in [1.165, 1.54) is 12.3 Å². The molecule has 3 rings (SSSR count). The number of pyridine rings is 1. The van der Waals surface area contributed by atoms with E-state index in [-0.39, 0.29) is 17.8 Å². The van der Waals surface area contributed by atoms with Gasteiger partial charge in [-0.1, -0.05) is 23.7 Å². The number of sulfonamides is 1. The lowest BCUT2D eigenvalue weighted by Gasteiger charge is -2.34. The third-order valence-electron chi connectivity index (χ3n) is 4.04. The fraction of sp³-hybridized carbons (Fsp3) is 0.294. The Labute approximate surface area is 157 Å². The molecule has 1 amide bonds. The van der Waals surface area contributed by atoms with E-state index in [4.69, 9.17) is 11.6 Å². The molecule has 0 saturated carbocycles. The van der Waals surface area contributed by atoms with Gasteiger partial charge in [0.15, 0.2) is 0 Å². The molecule has 0 spiro atoms. The Morgan fingerprint density at radius 2 is 2.00 bits per heavy atom. The molecule has 2 heterocycles. The van der Waals surface area contributed by atoms with Gasteiger partial charge >= 0.3 is 0 Å². The fourth-order valence-electron chi connectivity index (χ4n) is 2.81. The highest BCUT2D eigenvalue weighted by Crippen LogP contribution is 2.21. The van der Waals surface area contributed by atoms with E-state index < -0.39 is 10.0 Å². The first-order valence-corrected chi connectivity index (χ1v) is 10.3. The Kier molecular flexibility index (Phi) is 5.45. The Hall–Kier alpha value is -2.16. The number of nitrogens with zero attached hydrogens (tertiary/aromatic N) is 2. The Bertz CT molecular complexity index is 885. The minimum absolute atomic E-state index is 0.0316. The van der Waals surface area contributed by atoms with Gasteiger partial charge in [0, 0.05) is 36.9 Å². The van der Waals surface area contributed by atoms with Crippen LogP contribution in [0.4, 0.5) is 5.82 Å². The number of halogens is 1. The minimum Gasteiger partial charge on any atom is -0.335 e. The molecule has 1 aromatic carbocycles. The molecule has 26 heavy (non-hydrogen) atoms. The van der Waals surface area contributed by atoms with E-state index >= 15 is 0 Å². The van der Waals surface area contributed by atoms with Crippen molar-refractivity contribution in [1.82, 2.24) is 15.2 Å². The number of aromatic nitrogens is 1. The summed E-state index contributed by atoms with van der Waals surface area (Å²) in [6, 6.07) is 10.6. The summed E-state index contributed by atoms with van der Waals surface area (Å²) in [6.07, 6.45) is 2.43. The molecule has 0 radical (unpaired) electrons. The summed E-state index contributed by atoms with van der Waals surface area (Å²) in [5.74, 6) is 0.0484. The van der Waals surface area contributed by atoms with Crippen molar-refractivity contribution in [2.45, 2.75) is 6.04 Å². The number of carbonyl (C=O) groups excluding carboxylic acids is 1. The third-order valence-corrected chi connectivity index (χ3v) is 4.87. The molecule has 0 bridgehead atoms. The quantitative estimate of drug-likeness (QED) is 0.826. The summed E-state index contributed by atoms with van der Waals surface area (Å²) in [6.45, 7) is 1.80. The van der Waals surface area contributed by atoms with Crippen LogP contribution in [0.2, 0.25) is 5.02 Å². The lowest BCUT2D eigenvalue weighted by atomic mass is 10.0. The number of nitrogens with one attached hydrogen (secondary N) is 2. The average molecular weight is 395 g/mol. The van der Waals surface area contributed by atoms with Crippen LogP contribution in [0.5, 0.6) is 0 Å². The molecule has 7 nitrogen and oxygen atoms in total. The Balaban J connectivity index is 1.70. The molecule has 1 aromatic heterocycles. The van der Waals surface area contributed by atoms with Crippen molar-refractivity contribution in [3.63, 3.8) is 0 Å². The van der Waals surface area contributed by atoms with Crippen LogP contribution in [-0.4, -0.2) is 50.1 Å². The number of amides is 1. The maximum Gasteiger partial charge on any atom is 0.255 e. The maximum absolute atomic E-state index is 12.7. The number of piperazine rings is 1. The van der Waals surface area contributed by atoms with Crippen molar-refractivity contribution in [3.05, 3.63) is 58.7 Å². The van der Waals surface area contributed by atoms with Crippen LogP contribution < -0.4 is 10.0 Å². The molecule has 138 valence electrons. The molecular formula is C17H19ClN4O3S. The smallest absolute Gasteiger partial charge is 0.255 e. The highest BCUT2D eigenvalue weighted by atomic mass is 35.5. The predicted octanol–water partition coefficient (Wildman–Crippen LogP) is 1.89. The van der Waals surface area contributed by atoms with Crippen LogP contribution in [0.15, 0.2) is 42.6 Å². The fourth-order valence-corrected chi connectivity index (χ4v) is 3.43. The van der Waals surface area contributed by atoms with Gasteiger partial charge in [-0.15, -0.1) is 0 Å². The molecule has 1 atom stereocenters. The molecule has 1 saturated heterocycles. The molecule has 9 heteroatoms. The zero-order chi connectivity index (χ0) is 18.7. The first-order chi connectivity index (χ1) is 12.3. The highest BCUT2D eigenvalue weighted by molar-refractivity contribution is 7.92. The van der Waals surface area contributed by atoms with Crippen LogP contribution in [0.1, 0.15) is 22.0 Å². The highest BCUT2D eigenvalue weighted by Gasteiger charge is 2.25. The number of rotatable bonds is 4.